The molecule has 1 N–H and O–H groups in total. The number of hydrogen-bond donors (Lipinski definition) is 1. The van der Waals surface area contributed by atoms with Crippen molar-refractivity contribution in [3.05, 3.63) is 33.3 Å². The minimum atomic E-state index is -0.434. The van der Waals surface area contributed by atoms with Gasteiger partial charge in [0.05, 0.1) is 15.6 Å². The Balaban J connectivity index is 2.17. The van der Waals surface area contributed by atoms with Crippen LogP contribution in [0.15, 0.2) is 18.2 Å². The van der Waals surface area contributed by atoms with Crippen molar-refractivity contribution in [3.8, 4) is 0 Å². The minimum absolute atomic E-state index is 0.0211. The van der Waals surface area contributed by atoms with Crippen molar-refractivity contribution in [2.75, 3.05) is 16.8 Å². The fourth-order valence-electron chi connectivity index (χ4n) is 2.10. The van der Waals surface area contributed by atoms with E-state index in [1.807, 2.05) is 11.8 Å². The first-order chi connectivity index (χ1) is 8.90. The summed E-state index contributed by atoms with van der Waals surface area (Å²) in [5.74, 6) is 2.21. The maximum Gasteiger partial charge on any atom is 0.271 e. The zero-order valence-electron chi connectivity index (χ0n) is 11.0. The summed E-state index contributed by atoms with van der Waals surface area (Å²) in [7, 11) is 0. The minimum Gasteiger partial charge on any atom is -0.380 e. The highest BCUT2D eigenvalue weighted by Gasteiger charge is 2.32. The van der Waals surface area contributed by atoms with Crippen molar-refractivity contribution >= 4 is 34.7 Å². The van der Waals surface area contributed by atoms with Crippen LogP contribution in [0.2, 0.25) is 5.02 Å². The summed E-state index contributed by atoms with van der Waals surface area (Å²) in [6.45, 7) is 4.48. The first kappa shape index (κ1) is 14.5. The van der Waals surface area contributed by atoms with Gasteiger partial charge in [-0.1, -0.05) is 25.4 Å². The van der Waals surface area contributed by atoms with Crippen molar-refractivity contribution in [2.45, 2.75) is 26.3 Å². The summed E-state index contributed by atoms with van der Waals surface area (Å²) in [6.07, 6.45) is 1.15. The molecule has 104 valence electrons. The Kier molecular flexibility index (Phi) is 4.26. The van der Waals surface area contributed by atoms with Crippen LogP contribution in [0.4, 0.5) is 11.4 Å². The molecule has 0 aromatic heterocycles. The number of thioether (sulfide) groups is 1. The molecule has 0 saturated carbocycles. The molecule has 1 heterocycles. The van der Waals surface area contributed by atoms with E-state index in [1.54, 1.807) is 6.07 Å². The maximum atomic E-state index is 10.7. The fourth-order valence-corrected chi connectivity index (χ4v) is 3.93. The van der Waals surface area contributed by atoms with Gasteiger partial charge in [0.25, 0.3) is 5.69 Å². The fraction of sp³-hybridized carbons (Fsp3) is 0.538. The maximum absolute atomic E-state index is 10.7. The molecule has 0 bridgehead atoms. The summed E-state index contributed by atoms with van der Waals surface area (Å²) < 4.78 is 0. The number of benzene rings is 1. The van der Waals surface area contributed by atoms with Crippen LogP contribution in [0, 0.1) is 15.5 Å². The summed E-state index contributed by atoms with van der Waals surface area (Å²) >= 11 is 8.04. The lowest BCUT2D eigenvalue weighted by Gasteiger charge is -2.39. The summed E-state index contributed by atoms with van der Waals surface area (Å²) in [6, 6.07) is 4.89. The van der Waals surface area contributed by atoms with E-state index in [4.69, 9.17) is 11.6 Å². The van der Waals surface area contributed by atoms with Gasteiger partial charge in [0, 0.05) is 23.9 Å². The second kappa shape index (κ2) is 5.59. The molecule has 1 unspecified atom stereocenters. The van der Waals surface area contributed by atoms with Crippen LogP contribution < -0.4 is 5.32 Å². The van der Waals surface area contributed by atoms with Crippen LogP contribution in [0.3, 0.4) is 0 Å². The molecule has 1 aromatic carbocycles. The van der Waals surface area contributed by atoms with Gasteiger partial charge in [0.15, 0.2) is 0 Å². The van der Waals surface area contributed by atoms with Crippen LogP contribution in [-0.4, -0.2) is 22.5 Å². The number of nitro groups is 1. The van der Waals surface area contributed by atoms with E-state index in [2.05, 4.69) is 19.2 Å². The van der Waals surface area contributed by atoms with Crippen LogP contribution in [0.1, 0.15) is 20.3 Å². The van der Waals surface area contributed by atoms with Gasteiger partial charge in [-0.2, -0.15) is 11.8 Å². The number of rotatable bonds is 3. The van der Waals surface area contributed by atoms with Crippen molar-refractivity contribution in [1.29, 1.82) is 0 Å². The van der Waals surface area contributed by atoms with E-state index in [1.165, 1.54) is 17.9 Å². The van der Waals surface area contributed by atoms with Crippen LogP contribution in [-0.2, 0) is 0 Å². The molecule has 1 aromatic rings. The summed E-state index contributed by atoms with van der Waals surface area (Å²) in [4.78, 5) is 10.2. The molecule has 0 radical (unpaired) electrons. The van der Waals surface area contributed by atoms with Crippen molar-refractivity contribution in [3.63, 3.8) is 0 Å². The number of hydrogen-bond acceptors (Lipinski definition) is 4. The molecule has 1 fully saturated rings. The molecular formula is C13H17ClN2O2S. The Morgan fingerprint density at radius 1 is 1.53 bits per heavy atom. The second-order valence-corrected chi connectivity index (χ2v) is 6.99. The van der Waals surface area contributed by atoms with Crippen molar-refractivity contribution < 1.29 is 4.92 Å². The SMILES string of the molecule is CC1(C)CCSCC1Nc1ccc([N+](=O)[O-])cc1Cl. The van der Waals surface area contributed by atoms with E-state index in [9.17, 15) is 10.1 Å². The Labute approximate surface area is 122 Å². The third-order valence-electron chi connectivity index (χ3n) is 3.61. The predicted octanol–water partition coefficient (Wildman–Crippen LogP) is 4.19. The molecule has 2 rings (SSSR count). The van der Waals surface area contributed by atoms with E-state index in [0.717, 1.165) is 17.9 Å². The lowest BCUT2D eigenvalue weighted by Crippen LogP contribution is -2.41. The van der Waals surface area contributed by atoms with Gasteiger partial charge < -0.3 is 5.32 Å². The Hall–Kier alpha value is -0.940. The molecule has 6 heteroatoms. The van der Waals surface area contributed by atoms with Crippen molar-refractivity contribution in [2.24, 2.45) is 5.41 Å². The van der Waals surface area contributed by atoms with Gasteiger partial charge in [-0.15, -0.1) is 0 Å². The number of nitrogens with one attached hydrogen (secondary N) is 1. The van der Waals surface area contributed by atoms with Crippen LogP contribution in [0.5, 0.6) is 0 Å². The molecule has 1 aliphatic rings. The zero-order chi connectivity index (χ0) is 14.0. The normalized spacial score (nSPS) is 21.9. The standard InChI is InChI=1S/C13H17ClN2O2S/c1-13(2)5-6-19-8-12(13)15-11-4-3-9(16(17)18)7-10(11)14/h3-4,7,12,15H,5-6,8H2,1-2H3. The molecule has 0 spiro atoms. The molecule has 1 atom stereocenters. The molecule has 1 saturated heterocycles. The van der Waals surface area contributed by atoms with E-state index >= 15 is 0 Å². The molecular weight excluding hydrogens is 284 g/mol. The number of halogens is 1. The van der Waals surface area contributed by atoms with Gasteiger partial charge in [0.1, 0.15) is 0 Å². The molecule has 4 nitrogen and oxygen atoms in total. The second-order valence-electron chi connectivity index (χ2n) is 5.43. The zero-order valence-corrected chi connectivity index (χ0v) is 12.6. The summed E-state index contributed by atoms with van der Waals surface area (Å²) in [5, 5.41) is 14.5. The Morgan fingerprint density at radius 2 is 2.26 bits per heavy atom. The smallest absolute Gasteiger partial charge is 0.271 e. The topological polar surface area (TPSA) is 55.2 Å². The largest absolute Gasteiger partial charge is 0.380 e. The number of anilines is 1. The Morgan fingerprint density at radius 3 is 2.84 bits per heavy atom. The first-order valence-corrected chi connectivity index (χ1v) is 7.71. The van der Waals surface area contributed by atoms with Crippen LogP contribution in [0.25, 0.3) is 0 Å². The van der Waals surface area contributed by atoms with Gasteiger partial charge in [0.2, 0.25) is 0 Å². The lowest BCUT2D eigenvalue weighted by atomic mass is 9.82. The van der Waals surface area contributed by atoms with E-state index in [-0.39, 0.29) is 11.1 Å². The highest BCUT2D eigenvalue weighted by atomic mass is 35.5. The first-order valence-electron chi connectivity index (χ1n) is 6.18. The monoisotopic (exact) mass is 300 g/mol. The molecule has 0 aliphatic carbocycles. The average molecular weight is 301 g/mol. The molecule has 0 amide bonds. The quantitative estimate of drug-likeness (QED) is 0.671. The third-order valence-corrected chi connectivity index (χ3v) is 4.99. The molecule has 19 heavy (non-hydrogen) atoms. The van der Waals surface area contributed by atoms with Gasteiger partial charge in [-0.3, -0.25) is 10.1 Å². The van der Waals surface area contributed by atoms with Crippen molar-refractivity contribution in [1.82, 2.24) is 0 Å². The summed E-state index contributed by atoms with van der Waals surface area (Å²) in [5.41, 5.74) is 0.997. The highest BCUT2D eigenvalue weighted by molar-refractivity contribution is 7.99. The highest BCUT2D eigenvalue weighted by Crippen LogP contribution is 2.37. The number of nitrogens with zero attached hydrogens (tertiary/aromatic N) is 1. The average Bonchev–Trinajstić information content (AvgIpc) is 2.33. The predicted molar refractivity (Wildman–Crippen MR) is 81.2 cm³/mol. The number of non-ortho nitro benzene ring substituents is 1. The van der Waals surface area contributed by atoms with Gasteiger partial charge >= 0.3 is 0 Å². The van der Waals surface area contributed by atoms with E-state index < -0.39 is 4.92 Å². The third kappa shape index (κ3) is 3.34. The Bertz CT molecular complexity index is 494. The van der Waals surface area contributed by atoms with Gasteiger partial charge in [-0.25, -0.2) is 0 Å². The number of nitro benzene ring substituents is 1. The van der Waals surface area contributed by atoms with Crippen LogP contribution >= 0.6 is 23.4 Å². The van der Waals surface area contributed by atoms with Gasteiger partial charge in [-0.05, 0) is 23.7 Å². The molecule has 1 aliphatic heterocycles. The lowest BCUT2D eigenvalue weighted by molar-refractivity contribution is -0.384. The van der Waals surface area contributed by atoms with E-state index in [0.29, 0.717) is 11.1 Å².